The van der Waals surface area contributed by atoms with Gasteiger partial charge in [0, 0.05) is 6.54 Å². The third-order valence-electron chi connectivity index (χ3n) is 4.32. The number of esters is 1. The Kier molecular flexibility index (Phi) is 5.73. The van der Waals surface area contributed by atoms with Crippen LogP contribution in [-0.4, -0.2) is 39.4 Å². The maximum Gasteiger partial charge on any atom is 0.326 e. The van der Waals surface area contributed by atoms with Crippen LogP contribution >= 0.6 is 0 Å². The van der Waals surface area contributed by atoms with Crippen molar-refractivity contribution in [2.24, 2.45) is 5.92 Å². The van der Waals surface area contributed by atoms with Crippen LogP contribution in [0.4, 0.5) is 0 Å². The normalized spacial score (nSPS) is 25.1. The van der Waals surface area contributed by atoms with Crippen LogP contribution in [-0.2, 0) is 16.1 Å². The molecule has 1 heterocycles. The number of nitrogens with zero attached hydrogens (tertiary/aromatic N) is 3. The molecule has 1 aliphatic rings. The Bertz CT molecular complexity index is 435. The minimum Gasteiger partial charge on any atom is -0.465 e. The molecule has 2 unspecified atom stereocenters. The van der Waals surface area contributed by atoms with Crippen LogP contribution in [0, 0.1) is 5.92 Å². The topological polar surface area (TPSA) is 69.0 Å². The number of aromatic nitrogens is 3. The molecule has 21 heavy (non-hydrogen) atoms. The summed E-state index contributed by atoms with van der Waals surface area (Å²) in [6, 6.07) is 0. The second kappa shape index (κ2) is 7.54. The summed E-state index contributed by atoms with van der Waals surface area (Å²) in [4.78, 5) is 16.5. The van der Waals surface area contributed by atoms with Gasteiger partial charge in [0.25, 0.3) is 0 Å². The second-order valence-electron chi connectivity index (χ2n) is 5.65. The molecule has 1 saturated carbocycles. The van der Waals surface area contributed by atoms with E-state index in [-0.39, 0.29) is 5.97 Å². The van der Waals surface area contributed by atoms with E-state index in [1.165, 1.54) is 0 Å². The molecule has 0 aliphatic heterocycles. The molecule has 0 amide bonds. The van der Waals surface area contributed by atoms with Crippen LogP contribution in [0.15, 0.2) is 12.7 Å². The Hall–Kier alpha value is -1.43. The van der Waals surface area contributed by atoms with Crippen molar-refractivity contribution in [2.75, 3.05) is 13.2 Å². The Morgan fingerprint density at radius 1 is 1.52 bits per heavy atom. The Labute approximate surface area is 126 Å². The first-order valence-corrected chi connectivity index (χ1v) is 7.97. The van der Waals surface area contributed by atoms with E-state index in [1.54, 1.807) is 12.7 Å². The summed E-state index contributed by atoms with van der Waals surface area (Å²) >= 11 is 0. The fourth-order valence-electron chi connectivity index (χ4n) is 3.29. The summed E-state index contributed by atoms with van der Waals surface area (Å²) < 4.78 is 7.18. The molecule has 0 aromatic carbocycles. The fourth-order valence-corrected chi connectivity index (χ4v) is 3.29. The van der Waals surface area contributed by atoms with Crippen molar-refractivity contribution in [1.82, 2.24) is 20.1 Å². The summed E-state index contributed by atoms with van der Waals surface area (Å²) in [5.41, 5.74) is -0.507. The maximum atomic E-state index is 12.5. The molecule has 0 radical (unpaired) electrons. The van der Waals surface area contributed by atoms with Gasteiger partial charge in [0.2, 0.25) is 0 Å². The van der Waals surface area contributed by atoms with Crippen LogP contribution in [0.25, 0.3) is 0 Å². The molecule has 118 valence electrons. The average Bonchev–Trinajstić information content (AvgIpc) is 3.13. The van der Waals surface area contributed by atoms with E-state index in [1.807, 2.05) is 11.6 Å². The van der Waals surface area contributed by atoms with E-state index in [2.05, 4.69) is 22.3 Å². The van der Waals surface area contributed by atoms with Gasteiger partial charge in [-0.15, -0.1) is 0 Å². The molecule has 0 saturated heterocycles. The summed E-state index contributed by atoms with van der Waals surface area (Å²) in [5, 5.41) is 7.63. The van der Waals surface area contributed by atoms with Crippen molar-refractivity contribution in [1.29, 1.82) is 0 Å². The van der Waals surface area contributed by atoms with Crippen molar-refractivity contribution in [3.05, 3.63) is 12.7 Å². The Balaban J connectivity index is 2.06. The predicted molar refractivity (Wildman–Crippen MR) is 79.6 cm³/mol. The van der Waals surface area contributed by atoms with Crippen LogP contribution in [0.5, 0.6) is 0 Å². The lowest BCUT2D eigenvalue weighted by molar-refractivity contribution is -0.153. The van der Waals surface area contributed by atoms with Crippen molar-refractivity contribution < 1.29 is 9.53 Å². The highest BCUT2D eigenvalue weighted by Gasteiger charge is 2.49. The molecule has 1 N–H and O–H groups in total. The summed E-state index contributed by atoms with van der Waals surface area (Å²) in [7, 11) is 0. The lowest BCUT2D eigenvalue weighted by atomic mass is 9.84. The number of hydrogen-bond donors (Lipinski definition) is 1. The van der Waals surface area contributed by atoms with E-state index >= 15 is 0 Å². The second-order valence-corrected chi connectivity index (χ2v) is 5.65. The maximum absolute atomic E-state index is 12.5. The molecular formula is C15H26N4O2. The lowest BCUT2D eigenvalue weighted by Crippen LogP contribution is -2.56. The standard InChI is InChI=1S/C15H26N4O2/c1-3-9-17-15(14(20)21-4-2)8-5-6-13(15)7-10-19-12-16-11-18-19/h11-13,17H,3-10H2,1-2H3. The van der Waals surface area contributed by atoms with Crippen LogP contribution in [0.1, 0.15) is 46.0 Å². The van der Waals surface area contributed by atoms with E-state index in [0.29, 0.717) is 12.5 Å². The number of nitrogens with one attached hydrogen (secondary N) is 1. The number of rotatable bonds is 8. The fraction of sp³-hybridized carbons (Fsp3) is 0.800. The molecule has 1 aliphatic carbocycles. The number of hydrogen-bond acceptors (Lipinski definition) is 5. The first-order valence-electron chi connectivity index (χ1n) is 7.97. The number of carbonyl (C=O) groups excluding carboxylic acids is 1. The molecule has 1 fully saturated rings. The average molecular weight is 294 g/mol. The van der Waals surface area contributed by atoms with Gasteiger partial charge in [-0.1, -0.05) is 13.3 Å². The first-order chi connectivity index (χ1) is 10.2. The third-order valence-corrected chi connectivity index (χ3v) is 4.32. The predicted octanol–water partition coefficient (Wildman–Crippen LogP) is 1.77. The number of carbonyl (C=O) groups is 1. The molecule has 6 nitrogen and oxygen atoms in total. The third kappa shape index (κ3) is 3.61. The van der Waals surface area contributed by atoms with Crippen molar-refractivity contribution in [3.63, 3.8) is 0 Å². The molecule has 1 aromatic rings. The van der Waals surface area contributed by atoms with Gasteiger partial charge < -0.3 is 10.1 Å². The van der Waals surface area contributed by atoms with Gasteiger partial charge >= 0.3 is 5.97 Å². The quantitative estimate of drug-likeness (QED) is 0.740. The first kappa shape index (κ1) is 15.9. The lowest BCUT2D eigenvalue weighted by Gasteiger charge is -2.34. The summed E-state index contributed by atoms with van der Waals surface area (Å²) in [6.45, 7) is 6.05. The molecule has 6 heteroatoms. The van der Waals surface area contributed by atoms with Crippen LogP contribution in [0.2, 0.25) is 0 Å². The monoisotopic (exact) mass is 294 g/mol. The van der Waals surface area contributed by atoms with Crippen LogP contribution in [0.3, 0.4) is 0 Å². The zero-order valence-corrected chi connectivity index (χ0v) is 13.0. The smallest absolute Gasteiger partial charge is 0.326 e. The molecule has 0 bridgehead atoms. The van der Waals surface area contributed by atoms with Gasteiger partial charge in [0.15, 0.2) is 0 Å². The summed E-state index contributed by atoms with van der Waals surface area (Å²) in [5.74, 6) is 0.215. The van der Waals surface area contributed by atoms with E-state index in [4.69, 9.17) is 4.74 Å². The largest absolute Gasteiger partial charge is 0.465 e. The van der Waals surface area contributed by atoms with Gasteiger partial charge in [-0.2, -0.15) is 5.10 Å². The molecule has 0 spiro atoms. The zero-order chi connectivity index (χ0) is 15.1. The van der Waals surface area contributed by atoms with Crippen LogP contribution < -0.4 is 5.32 Å². The van der Waals surface area contributed by atoms with Gasteiger partial charge in [0.1, 0.15) is 18.2 Å². The zero-order valence-electron chi connectivity index (χ0n) is 13.0. The molecule has 2 rings (SSSR count). The van der Waals surface area contributed by atoms with Gasteiger partial charge in [-0.05, 0) is 45.1 Å². The van der Waals surface area contributed by atoms with Crippen molar-refractivity contribution in [3.8, 4) is 0 Å². The van der Waals surface area contributed by atoms with E-state index in [0.717, 1.165) is 45.2 Å². The minimum absolute atomic E-state index is 0.0838. The molecule has 2 atom stereocenters. The number of ether oxygens (including phenoxy) is 1. The van der Waals surface area contributed by atoms with Crippen molar-refractivity contribution >= 4 is 5.97 Å². The van der Waals surface area contributed by atoms with Crippen molar-refractivity contribution in [2.45, 2.75) is 58.0 Å². The van der Waals surface area contributed by atoms with E-state index in [9.17, 15) is 4.79 Å². The van der Waals surface area contributed by atoms with E-state index < -0.39 is 5.54 Å². The van der Waals surface area contributed by atoms with Gasteiger partial charge in [-0.3, -0.25) is 9.48 Å². The Morgan fingerprint density at radius 2 is 2.38 bits per heavy atom. The highest BCUT2D eigenvalue weighted by atomic mass is 16.5. The molecule has 1 aromatic heterocycles. The highest BCUT2D eigenvalue weighted by molar-refractivity contribution is 5.81. The van der Waals surface area contributed by atoms with Gasteiger partial charge in [0.05, 0.1) is 6.61 Å². The number of aryl methyl sites for hydroxylation is 1. The highest BCUT2D eigenvalue weighted by Crippen LogP contribution is 2.39. The summed E-state index contributed by atoms with van der Waals surface area (Å²) in [6.07, 6.45) is 8.19. The molecular weight excluding hydrogens is 268 g/mol. The Morgan fingerprint density at radius 3 is 3.05 bits per heavy atom. The SMILES string of the molecule is CCCNC1(C(=O)OCC)CCCC1CCn1cncn1. The minimum atomic E-state index is -0.507. The van der Waals surface area contributed by atoms with Gasteiger partial charge in [-0.25, -0.2) is 4.98 Å².